The summed E-state index contributed by atoms with van der Waals surface area (Å²) in [5, 5.41) is 4.90. The third kappa shape index (κ3) is 2.56. The molecule has 1 N–H and O–H groups in total. The minimum absolute atomic E-state index is 0.588. The zero-order chi connectivity index (χ0) is 14.1. The van der Waals surface area contributed by atoms with Crippen molar-refractivity contribution in [3.05, 3.63) is 52.9 Å². The van der Waals surface area contributed by atoms with Crippen LogP contribution in [-0.2, 0) is 0 Å². The number of aromatic nitrogens is 3. The molecule has 0 saturated carbocycles. The fourth-order valence-electron chi connectivity index (χ4n) is 2.13. The fraction of sp³-hybridized carbons (Fsp3) is 0.133. The molecule has 0 bridgehead atoms. The normalized spacial score (nSPS) is 10.8. The molecule has 0 aliphatic heterocycles. The molecule has 2 heterocycles. The van der Waals surface area contributed by atoms with Gasteiger partial charge in [-0.1, -0.05) is 11.6 Å². The Morgan fingerprint density at radius 1 is 1.00 bits per heavy atom. The van der Waals surface area contributed by atoms with E-state index in [1.807, 2.05) is 44.2 Å². The molecule has 3 aromatic rings. The predicted molar refractivity (Wildman–Crippen MR) is 81.5 cm³/mol. The summed E-state index contributed by atoms with van der Waals surface area (Å²) in [6, 6.07) is 9.46. The second kappa shape index (κ2) is 5.06. The van der Waals surface area contributed by atoms with E-state index in [0.717, 1.165) is 28.0 Å². The third-order valence-electron chi connectivity index (χ3n) is 2.93. The lowest BCUT2D eigenvalue weighted by Gasteiger charge is -2.09. The lowest BCUT2D eigenvalue weighted by atomic mass is 10.2. The molecular formula is C15H13ClN4. The van der Waals surface area contributed by atoms with Gasteiger partial charge in [0, 0.05) is 28.0 Å². The van der Waals surface area contributed by atoms with Crippen LogP contribution in [0.15, 0.2) is 36.5 Å². The first kappa shape index (κ1) is 12.8. The first-order valence-electron chi connectivity index (χ1n) is 6.25. The predicted octanol–water partition coefficient (Wildman–Crippen LogP) is 4.04. The standard InChI is InChI=1S/C15H13ClN4/c1-9-7-10(2)19-15(18-9)20-13-5-6-17-14-8-11(16)3-4-12(13)14/h3-8H,1-2H3,(H,17,18,19,20). The Morgan fingerprint density at radius 2 is 1.75 bits per heavy atom. The van der Waals surface area contributed by atoms with Gasteiger partial charge in [-0.05, 0) is 44.2 Å². The van der Waals surface area contributed by atoms with Gasteiger partial charge in [0.1, 0.15) is 0 Å². The van der Waals surface area contributed by atoms with Crippen molar-refractivity contribution in [2.45, 2.75) is 13.8 Å². The number of rotatable bonds is 2. The second-order valence-electron chi connectivity index (χ2n) is 4.62. The highest BCUT2D eigenvalue weighted by Gasteiger charge is 2.05. The van der Waals surface area contributed by atoms with Crippen LogP contribution >= 0.6 is 11.6 Å². The number of nitrogens with zero attached hydrogens (tertiary/aromatic N) is 3. The number of hydrogen-bond donors (Lipinski definition) is 1. The molecule has 5 heteroatoms. The number of pyridine rings is 1. The van der Waals surface area contributed by atoms with Gasteiger partial charge in [-0.3, -0.25) is 4.98 Å². The molecule has 0 saturated heterocycles. The van der Waals surface area contributed by atoms with E-state index in [4.69, 9.17) is 11.6 Å². The zero-order valence-electron chi connectivity index (χ0n) is 11.2. The Labute approximate surface area is 121 Å². The Bertz CT molecular complexity index is 766. The highest BCUT2D eigenvalue weighted by molar-refractivity contribution is 6.31. The third-order valence-corrected chi connectivity index (χ3v) is 3.17. The van der Waals surface area contributed by atoms with Crippen LogP contribution in [0.2, 0.25) is 5.02 Å². The molecule has 0 aliphatic carbocycles. The van der Waals surface area contributed by atoms with Crippen LogP contribution in [0.3, 0.4) is 0 Å². The molecular weight excluding hydrogens is 272 g/mol. The van der Waals surface area contributed by atoms with Crippen molar-refractivity contribution in [3.8, 4) is 0 Å². The molecule has 1 aromatic carbocycles. The van der Waals surface area contributed by atoms with Crippen molar-refractivity contribution in [1.29, 1.82) is 0 Å². The lowest BCUT2D eigenvalue weighted by molar-refractivity contribution is 1.06. The quantitative estimate of drug-likeness (QED) is 0.771. The summed E-state index contributed by atoms with van der Waals surface area (Å²) in [5.74, 6) is 0.588. The fourth-order valence-corrected chi connectivity index (χ4v) is 2.30. The average Bonchev–Trinajstić information content (AvgIpc) is 2.37. The number of aryl methyl sites for hydroxylation is 2. The van der Waals surface area contributed by atoms with Crippen LogP contribution in [0.5, 0.6) is 0 Å². The Hall–Kier alpha value is -2.20. The highest BCUT2D eigenvalue weighted by Crippen LogP contribution is 2.26. The van der Waals surface area contributed by atoms with Gasteiger partial charge < -0.3 is 5.32 Å². The second-order valence-corrected chi connectivity index (χ2v) is 5.06. The maximum Gasteiger partial charge on any atom is 0.227 e. The summed E-state index contributed by atoms with van der Waals surface area (Å²) in [5.41, 5.74) is 3.62. The van der Waals surface area contributed by atoms with Crippen molar-refractivity contribution in [2.24, 2.45) is 0 Å². The SMILES string of the molecule is Cc1cc(C)nc(Nc2ccnc3cc(Cl)ccc23)n1. The van der Waals surface area contributed by atoms with E-state index in [1.54, 1.807) is 6.20 Å². The number of fused-ring (bicyclic) bond motifs is 1. The van der Waals surface area contributed by atoms with Gasteiger partial charge in [-0.25, -0.2) is 9.97 Å². The number of benzene rings is 1. The van der Waals surface area contributed by atoms with Crippen molar-refractivity contribution in [1.82, 2.24) is 15.0 Å². The Kier molecular flexibility index (Phi) is 3.24. The molecule has 2 aromatic heterocycles. The first-order chi connectivity index (χ1) is 9.61. The minimum atomic E-state index is 0.588. The molecule has 0 atom stereocenters. The van der Waals surface area contributed by atoms with Crippen LogP contribution in [0.1, 0.15) is 11.4 Å². The summed E-state index contributed by atoms with van der Waals surface area (Å²) >= 11 is 5.99. The number of hydrogen-bond acceptors (Lipinski definition) is 4. The summed E-state index contributed by atoms with van der Waals surface area (Å²) in [6.45, 7) is 3.90. The molecule has 0 spiro atoms. The lowest BCUT2D eigenvalue weighted by Crippen LogP contribution is -2.00. The van der Waals surface area contributed by atoms with Crippen molar-refractivity contribution in [2.75, 3.05) is 5.32 Å². The first-order valence-corrected chi connectivity index (χ1v) is 6.63. The van der Waals surface area contributed by atoms with Crippen molar-refractivity contribution >= 4 is 34.1 Å². The van der Waals surface area contributed by atoms with Gasteiger partial charge in [0.05, 0.1) is 11.2 Å². The minimum Gasteiger partial charge on any atom is -0.323 e. The molecule has 0 fully saturated rings. The van der Waals surface area contributed by atoms with E-state index in [0.29, 0.717) is 11.0 Å². The van der Waals surface area contributed by atoms with Gasteiger partial charge in [0.15, 0.2) is 0 Å². The monoisotopic (exact) mass is 284 g/mol. The van der Waals surface area contributed by atoms with Crippen molar-refractivity contribution < 1.29 is 0 Å². The van der Waals surface area contributed by atoms with Gasteiger partial charge in [-0.2, -0.15) is 0 Å². The Morgan fingerprint density at radius 3 is 2.50 bits per heavy atom. The number of halogens is 1. The molecule has 20 heavy (non-hydrogen) atoms. The molecule has 4 nitrogen and oxygen atoms in total. The largest absolute Gasteiger partial charge is 0.323 e. The van der Waals surface area contributed by atoms with E-state index in [1.165, 1.54) is 0 Å². The molecule has 0 unspecified atom stereocenters. The maximum absolute atomic E-state index is 5.99. The zero-order valence-corrected chi connectivity index (χ0v) is 11.9. The molecule has 3 rings (SSSR count). The summed E-state index contributed by atoms with van der Waals surface area (Å²) < 4.78 is 0. The highest BCUT2D eigenvalue weighted by atomic mass is 35.5. The van der Waals surface area contributed by atoms with E-state index in [-0.39, 0.29) is 0 Å². The van der Waals surface area contributed by atoms with Gasteiger partial charge in [-0.15, -0.1) is 0 Å². The van der Waals surface area contributed by atoms with Gasteiger partial charge in [0.2, 0.25) is 5.95 Å². The van der Waals surface area contributed by atoms with E-state index in [9.17, 15) is 0 Å². The summed E-state index contributed by atoms with van der Waals surface area (Å²) in [4.78, 5) is 13.1. The topological polar surface area (TPSA) is 50.7 Å². The van der Waals surface area contributed by atoms with Crippen LogP contribution < -0.4 is 5.32 Å². The molecule has 0 aliphatic rings. The molecule has 100 valence electrons. The van der Waals surface area contributed by atoms with Crippen LogP contribution in [0.25, 0.3) is 10.9 Å². The van der Waals surface area contributed by atoms with Crippen LogP contribution in [0, 0.1) is 13.8 Å². The van der Waals surface area contributed by atoms with E-state index >= 15 is 0 Å². The average molecular weight is 285 g/mol. The number of anilines is 2. The van der Waals surface area contributed by atoms with Gasteiger partial charge in [0.25, 0.3) is 0 Å². The number of nitrogens with one attached hydrogen (secondary N) is 1. The van der Waals surface area contributed by atoms with Crippen LogP contribution in [0.4, 0.5) is 11.6 Å². The summed E-state index contributed by atoms with van der Waals surface area (Å²) in [7, 11) is 0. The van der Waals surface area contributed by atoms with Gasteiger partial charge >= 0.3 is 0 Å². The Balaban J connectivity index is 2.06. The molecule has 0 radical (unpaired) electrons. The smallest absolute Gasteiger partial charge is 0.227 e. The van der Waals surface area contributed by atoms with E-state index in [2.05, 4.69) is 20.3 Å². The van der Waals surface area contributed by atoms with Crippen LogP contribution in [-0.4, -0.2) is 15.0 Å². The summed E-state index contributed by atoms with van der Waals surface area (Å²) in [6.07, 6.45) is 1.74. The van der Waals surface area contributed by atoms with E-state index < -0.39 is 0 Å². The maximum atomic E-state index is 5.99. The van der Waals surface area contributed by atoms with Crippen molar-refractivity contribution in [3.63, 3.8) is 0 Å². The molecule has 0 amide bonds.